The maximum Gasteiger partial charge on any atom is 0.308 e. The van der Waals surface area contributed by atoms with Crippen molar-refractivity contribution in [2.24, 2.45) is 0 Å². The molecule has 1 aliphatic rings. The van der Waals surface area contributed by atoms with Gasteiger partial charge in [0.25, 0.3) is 0 Å². The Morgan fingerprint density at radius 1 is 0.926 bits per heavy atom. The van der Waals surface area contributed by atoms with E-state index in [1.165, 1.54) is 6.92 Å². The Morgan fingerprint density at radius 3 is 2.41 bits per heavy atom. The first-order valence-electron chi connectivity index (χ1n) is 8.95. The molecule has 0 spiro atoms. The van der Waals surface area contributed by atoms with Crippen LogP contribution in [0.15, 0.2) is 78.9 Å². The second kappa shape index (κ2) is 7.12. The Labute approximate surface area is 158 Å². The molecule has 0 aliphatic carbocycles. The number of allylic oxidation sites excluding steroid dienone is 1. The summed E-state index contributed by atoms with van der Waals surface area (Å²) in [6, 6.07) is 23.8. The van der Waals surface area contributed by atoms with Gasteiger partial charge in [0.15, 0.2) is 0 Å². The van der Waals surface area contributed by atoms with E-state index in [4.69, 9.17) is 9.47 Å². The Hall–Kier alpha value is -3.33. The average Bonchev–Trinajstić information content (AvgIpc) is 2.68. The van der Waals surface area contributed by atoms with Crippen molar-refractivity contribution in [2.45, 2.75) is 19.8 Å². The number of ether oxygens (including phenoxy) is 2. The molecule has 0 fully saturated rings. The SMILES string of the molecule is CC(=O)OC(=CC1c2ccccc2Oc2c(C)cccc21)c1ccccc1. The summed E-state index contributed by atoms with van der Waals surface area (Å²) in [6.07, 6.45) is 2.01. The van der Waals surface area contributed by atoms with Gasteiger partial charge in [-0.3, -0.25) is 4.79 Å². The number of esters is 1. The molecule has 3 heteroatoms. The van der Waals surface area contributed by atoms with Crippen molar-refractivity contribution in [3.63, 3.8) is 0 Å². The van der Waals surface area contributed by atoms with Crippen LogP contribution >= 0.6 is 0 Å². The van der Waals surface area contributed by atoms with E-state index >= 15 is 0 Å². The number of hydrogen-bond acceptors (Lipinski definition) is 3. The summed E-state index contributed by atoms with van der Waals surface area (Å²) >= 11 is 0. The van der Waals surface area contributed by atoms with E-state index in [2.05, 4.69) is 12.1 Å². The van der Waals surface area contributed by atoms with Crippen LogP contribution in [0.1, 0.15) is 35.1 Å². The molecule has 0 aromatic heterocycles. The minimum atomic E-state index is -0.338. The van der Waals surface area contributed by atoms with Crippen LogP contribution in [-0.2, 0) is 9.53 Å². The highest BCUT2D eigenvalue weighted by molar-refractivity contribution is 5.77. The molecular weight excluding hydrogens is 336 g/mol. The average molecular weight is 356 g/mol. The van der Waals surface area contributed by atoms with Gasteiger partial charge < -0.3 is 9.47 Å². The first-order chi connectivity index (χ1) is 13.1. The summed E-state index contributed by atoms with van der Waals surface area (Å²) in [6.45, 7) is 3.46. The zero-order valence-corrected chi connectivity index (χ0v) is 15.3. The van der Waals surface area contributed by atoms with Crippen LogP contribution in [0.25, 0.3) is 5.76 Å². The zero-order valence-electron chi connectivity index (χ0n) is 15.3. The molecule has 3 aromatic carbocycles. The minimum Gasteiger partial charge on any atom is -0.456 e. The van der Waals surface area contributed by atoms with Crippen LogP contribution < -0.4 is 4.74 Å². The van der Waals surface area contributed by atoms with Crippen molar-refractivity contribution >= 4 is 11.7 Å². The fraction of sp³-hybridized carbons (Fsp3) is 0.125. The number of fused-ring (bicyclic) bond motifs is 2. The first-order valence-corrected chi connectivity index (χ1v) is 8.95. The number of rotatable bonds is 3. The molecule has 1 aliphatic heterocycles. The molecule has 0 radical (unpaired) electrons. The van der Waals surface area contributed by atoms with Crippen molar-refractivity contribution in [1.82, 2.24) is 0 Å². The van der Waals surface area contributed by atoms with Crippen molar-refractivity contribution in [3.05, 3.63) is 101 Å². The van der Waals surface area contributed by atoms with Crippen molar-refractivity contribution in [1.29, 1.82) is 0 Å². The molecule has 27 heavy (non-hydrogen) atoms. The fourth-order valence-corrected chi connectivity index (χ4v) is 3.44. The third kappa shape index (κ3) is 3.36. The Kier molecular flexibility index (Phi) is 4.51. The van der Waals surface area contributed by atoms with Crippen molar-refractivity contribution in [2.75, 3.05) is 0 Å². The normalized spacial score (nSPS) is 15.3. The molecular formula is C24H20O3. The number of para-hydroxylation sites is 2. The molecule has 0 saturated heterocycles. The predicted octanol–water partition coefficient (Wildman–Crippen LogP) is 5.84. The molecule has 0 bridgehead atoms. The second-order valence-corrected chi connectivity index (χ2v) is 6.60. The monoisotopic (exact) mass is 356 g/mol. The third-order valence-electron chi connectivity index (χ3n) is 4.67. The molecule has 134 valence electrons. The minimum absolute atomic E-state index is 0.0700. The van der Waals surface area contributed by atoms with E-state index in [1.807, 2.05) is 73.7 Å². The van der Waals surface area contributed by atoms with Gasteiger partial charge in [-0.15, -0.1) is 0 Å². The summed E-state index contributed by atoms with van der Waals surface area (Å²) in [7, 11) is 0. The summed E-state index contributed by atoms with van der Waals surface area (Å²) < 4.78 is 11.8. The number of benzene rings is 3. The fourth-order valence-electron chi connectivity index (χ4n) is 3.44. The lowest BCUT2D eigenvalue weighted by atomic mass is 9.86. The molecule has 0 saturated carbocycles. The topological polar surface area (TPSA) is 35.5 Å². The Bertz CT molecular complexity index is 1020. The smallest absolute Gasteiger partial charge is 0.308 e. The highest BCUT2D eigenvalue weighted by atomic mass is 16.5. The van der Waals surface area contributed by atoms with Crippen LogP contribution in [0.5, 0.6) is 11.5 Å². The largest absolute Gasteiger partial charge is 0.456 e. The molecule has 4 rings (SSSR count). The number of carbonyl (C=O) groups excluding carboxylic acids is 1. The van der Waals surface area contributed by atoms with Crippen LogP contribution in [-0.4, -0.2) is 5.97 Å². The molecule has 0 amide bonds. The van der Waals surface area contributed by atoms with Gasteiger partial charge in [-0.1, -0.05) is 66.7 Å². The molecule has 1 unspecified atom stereocenters. The maximum atomic E-state index is 11.7. The summed E-state index contributed by atoms with van der Waals surface area (Å²) in [5, 5.41) is 0. The lowest BCUT2D eigenvalue weighted by Gasteiger charge is -2.28. The maximum absolute atomic E-state index is 11.7. The van der Waals surface area contributed by atoms with Gasteiger partial charge >= 0.3 is 5.97 Å². The highest BCUT2D eigenvalue weighted by Crippen LogP contribution is 2.46. The van der Waals surface area contributed by atoms with Crippen LogP contribution in [0.2, 0.25) is 0 Å². The molecule has 3 nitrogen and oxygen atoms in total. The lowest BCUT2D eigenvalue weighted by Crippen LogP contribution is -2.11. The van der Waals surface area contributed by atoms with E-state index in [0.29, 0.717) is 5.76 Å². The molecule has 1 atom stereocenters. The highest BCUT2D eigenvalue weighted by Gasteiger charge is 2.27. The van der Waals surface area contributed by atoms with Gasteiger partial charge in [0, 0.05) is 29.5 Å². The first kappa shape index (κ1) is 17.1. The van der Waals surface area contributed by atoms with Gasteiger partial charge in [-0.2, -0.15) is 0 Å². The predicted molar refractivity (Wildman–Crippen MR) is 106 cm³/mol. The van der Waals surface area contributed by atoms with Crippen LogP contribution in [0.4, 0.5) is 0 Å². The molecule has 3 aromatic rings. The van der Waals surface area contributed by atoms with E-state index in [9.17, 15) is 4.79 Å². The van der Waals surface area contributed by atoms with Gasteiger partial charge in [-0.05, 0) is 24.6 Å². The Balaban J connectivity index is 1.90. The summed E-state index contributed by atoms with van der Waals surface area (Å²) in [5.74, 6) is 1.84. The quantitative estimate of drug-likeness (QED) is 0.437. The lowest BCUT2D eigenvalue weighted by molar-refractivity contribution is -0.134. The second-order valence-electron chi connectivity index (χ2n) is 6.60. The van der Waals surface area contributed by atoms with Crippen molar-refractivity contribution < 1.29 is 14.3 Å². The van der Waals surface area contributed by atoms with Crippen LogP contribution in [0, 0.1) is 6.92 Å². The zero-order chi connectivity index (χ0) is 18.8. The summed E-state index contributed by atoms with van der Waals surface area (Å²) in [5.41, 5.74) is 4.06. The van der Waals surface area contributed by atoms with Gasteiger partial charge in [0.05, 0.1) is 0 Å². The van der Waals surface area contributed by atoms with E-state index in [1.54, 1.807) is 0 Å². The third-order valence-corrected chi connectivity index (χ3v) is 4.67. The Morgan fingerprint density at radius 2 is 1.63 bits per heavy atom. The van der Waals surface area contributed by atoms with Gasteiger partial charge in [0.2, 0.25) is 0 Å². The number of aryl methyl sites for hydroxylation is 1. The molecule has 1 heterocycles. The van der Waals surface area contributed by atoms with E-state index < -0.39 is 0 Å². The van der Waals surface area contributed by atoms with Crippen LogP contribution in [0.3, 0.4) is 0 Å². The van der Waals surface area contributed by atoms with Crippen molar-refractivity contribution in [3.8, 4) is 11.5 Å². The molecule has 0 N–H and O–H groups in total. The van der Waals surface area contributed by atoms with E-state index in [-0.39, 0.29) is 11.9 Å². The standard InChI is InChI=1S/C24H20O3/c1-16-9-8-13-20-21(19-12-6-7-14-22(19)27-24(16)20)15-23(26-17(2)25)18-10-4-3-5-11-18/h3-15,21H,1-2H3. The van der Waals surface area contributed by atoms with Gasteiger partial charge in [0.1, 0.15) is 17.3 Å². The number of carbonyl (C=O) groups is 1. The summed E-state index contributed by atoms with van der Waals surface area (Å²) in [4.78, 5) is 11.7. The van der Waals surface area contributed by atoms with E-state index in [0.717, 1.165) is 33.8 Å². The number of hydrogen-bond donors (Lipinski definition) is 0. The van der Waals surface area contributed by atoms with Gasteiger partial charge in [-0.25, -0.2) is 0 Å².